The van der Waals surface area contributed by atoms with E-state index in [2.05, 4.69) is 26.2 Å². The van der Waals surface area contributed by atoms with E-state index in [1.165, 1.54) is 18.2 Å². The first kappa shape index (κ1) is 13.4. The fraction of sp³-hybridized carbons (Fsp3) is 0.0769. The molecule has 0 atom stereocenters. The van der Waals surface area contributed by atoms with E-state index in [-0.39, 0.29) is 23.0 Å². The third-order valence-corrected chi connectivity index (χ3v) is 2.98. The van der Waals surface area contributed by atoms with Crippen LogP contribution < -0.4 is 5.32 Å². The maximum atomic E-state index is 12.0. The Morgan fingerprint density at radius 3 is 2.58 bits per heavy atom. The number of nitrogens with one attached hydrogen (secondary N) is 1. The standard InChI is InChI=1S/C13H11BrN2O3/c1-7-9(3-5-12(14)15-7)16-13(19)8-2-4-10(17)11(18)6-8/h2-6,17-18H,1H3,(H,16,19). The van der Waals surface area contributed by atoms with Crippen molar-refractivity contribution in [2.24, 2.45) is 0 Å². The van der Waals surface area contributed by atoms with Crippen LogP contribution in [0.5, 0.6) is 11.5 Å². The quantitative estimate of drug-likeness (QED) is 0.586. The van der Waals surface area contributed by atoms with Gasteiger partial charge in [-0.2, -0.15) is 0 Å². The molecule has 98 valence electrons. The van der Waals surface area contributed by atoms with Gasteiger partial charge in [-0.3, -0.25) is 4.79 Å². The molecule has 3 N–H and O–H groups in total. The van der Waals surface area contributed by atoms with Crippen LogP contribution in [0.2, 0.25) is 0 Å². The lowest BCUT2D eigenvalue weighted by Gasteiger charge is -2.08. The molecule has 0 aliphatic rings. The molecule has 2 aromatic rings. The van der Waals surface area contributed by atoms with Crippen molar-refractivity contribution in [2.45, 2.75) is 6.92 Å². The van der Waals surface area contributed by atoms with Crippen molar-refractivity contribution in [3.8, 4) is 11.5 Å². The number of phenols is 2. The van der Waals surface area contributed by atoms with Crippen LogP contribution in [0, 0.1) is 6.92 Å². The smallest absolute Gasteiger partial charge is 0.255 e. The molecule has 0 unspecified atom stereocenters. The van der Waals surface area contributed by atoms with Gasteiger partial charge in [0.1, 0.15) is 4.60 Å². The Kier molecular flexibility index (Phi) is 3.71. The summed E-state index contributed by atoms with van der Waals surface area (Å²) in [6.07, 6.45) is 0. The summed E-state index contributed by atoms with van der Waals surface area (Å²) in [7, 11) is 0. The van der Waals surface area contributed by atoms with Gasteiger partial charge in [0, 0.05) is 5.56 Å². The molecule has 2 rings (SSSR count). The first-order chi connectivity index (χ1) is 8.97. The number of aryl methyl sites for hydroxylation is 1. The average molecular weight is 323 g/mol. The van der Waals surface area contributed by atoms with Gasteiger partial charge >= 0.3 is 0 Å². The van der Waals surface area contributed by atoms with E-state index in [4.69, 9.17) is 0 Å². The molecular weight excluding hydrogens is 312 g/mol. The van der Waals surface area contributed by atoms with Crippen LogP contribution >= 0.6 is 15.9 Å². The predicted octanol–water partition coefficient (Wildman–Crippen LogP) is 2.82. The molecule has 0 aliphatic heterocycles. The van der Waals surface area contributed by atoms with Crippen LogP contribution in [-0.4, -0.2) is 21.1 Å². The highest BCUT2D eigenvalue weighted by molar-refractivity contribution is 9.10. The Hall–Kier alpha value is -2.08. The number of pyridine rings is 1. The van der Waals surface area contributed by atoms with Gasteiger partial charge in [0.25, 0.3) is 5.91 Å². The van der Waals surface area contributed by atoms with Gasteiger partial charge in [0.15, 0.2) is 11.5 Å². The zero-order valence-electron chi connectivity index (χ0n) is 10.0. The second kappa shape index (κ2) is 5.27. The lowest BCUT2D eigenvalue weighted by molar-refractivity contribution is 0.102. The maximum Gasteiger partial charge on any atom is 0.255 e. The van der Waals surface area contributed by atoms with E-state index < -0.39 is 0 Å². The molecule has 0 aliphatic carbocycles. The number of aromatic nitrogens is 1. The number of carbonyl (C=O) groups is 1. The molecule has 0 saturated carbocycles. The van der Waals surface area contributed by atoms with Crippen LogP contribution in [-0.2, 0) is 0 Å². The molecular formula is C13H11BrN2O3. The van der Waals surface area contributed by atoms with Crippen LogP contribution in [0.15, 0.2) is 34.9 Å². The molecule has 0 radical (unpaired) electrons. The number of aromatic hydroxyl groups is 2. The number of halogens is 1. The number of hydrogen-bond donors (Lipinski definition) is 3. The summed E-state index contributed by atoms with van der Waals surface area (Å²) in [5.41, 5.74) is 1.50. The number of anilines is 1. The summed E-state index contributed by atoms with van der Waals surface area (Å²) in [5.74, 6) is -0.987. The third kappa shape index (κ3) is 3.03. The molecule has 5 nitrogen and oxygen atoms in total. The maximum absolute atomic E-state index is 12.0. The summed E-state index contributed by atoms with van der Waals surface area (Å²) < 4.78 is 0.685. The topological polar surface area (TPSA) is 82.5 Å². The van der Waals surface area contributed by atoms with E-state index >= 15 is 0 Å². The highest BCUT2D eigenvalue weighted by Gasteiger charge is 2.10. The summed E-state index contributed by atoms with van der Waals surface area (Å²) >= 11 is 3.24. The van der Waals surface area contributed by atoms with Gasteiger partial charge in [0.05, 0.1) is 11.4 Å². The Labute approximate surface area is 118 Å². The Balaban J connectivity index is 2.23. The average Bonchev–Trinajstić information content (AvgIpc) is 2.36. The van der Waals surface area contributed by atoms with Gasteiger partial charge < -0.3 is 15.5 Å². The number of nitrogens with zero attached hydrogens (tertiary/aromatic N) is 1. The largest absolute Gasteiger partial charge is 0.504 e. The van der Waals surface area contributed by atoms with Gasteiger partial charge in [-0.25, -0.2) is 4.98 Å². The van der Waals surface area contributed by atoms with E-state index in [0.717, 1.165) is 0 Å². The van der Waals surface area contributed by atoms with Crippen LogP contribution in [0.1, 0.15) is 16.1 Å². The van der Waals surface area contributed by atoms with E-state index in [1.807, 2.05) is 0 Å². The molecule has 0 saturated heterocycles. The number of phenolic OH excluding ortho intramolecular Hbond substituents is 2. The summed E-state index contributed by atoms with van der Waals surface area (Å²) in [4.78, 5) is 16.1. The van der Waals surface area contributed by atoms with Crippen LogP contribution in [0.25, 0.3) is 0 Å². The lowest BCUT2D eigenvalue weighted by Crippen LogP contribution is -2.13. The fourth-order valence-corrected chi connectivity index (χ4v) is 1.92. The third-order valence-electron chi connectivity index (χ3n) is 2.54. The van der Waals surface area contributed by atoms with Crippen molar-refractivity contribution < 1.29 is 15.0 Å². The number of rotatable bonds is 2. The van der Waals surface area contributed by atoms with Crippen molar-refractivity contribution in [1.82, 2.24) is 4.98 Å². The molecule has 1 heterocycles. The SMILES string of the molecule is Cc1nc(Br)ccc1NC(=O)c1ccc(O)c(O)c1. The van der Waals surface area contributed by atoms with Crippen molar-refractivity contribution in [1.29, 1.82) is 0 Å². The number of hydrogen-bond acceptors (Lipinski definition) is 4. The Bertz CT molecular complexity index is 644. The molecule has 0 fully saturated rings. The van der Waals surface area contributed by atoms with Crippen molar-refractivity contribution in [3.63, 3.8) is 0 Å². The van der Waals surface area contributed by atoms with Gasteiger partial charge in [-0.1, -0.05) is 0 Å². The van der Waals surface area contributed by atoms with E-state index in [9.17, 15) is 15.0 Å². The highest BCUT2D eigenvalue weighted by atomic mass is 79.9. The zero-order chi connectivity index (χ0) is 14.0. The Morgan fingerprint density at radius 1 is 1.21 bits per heavy atom. The molecule has 1 amide bonds. The summed E-state index contributed by atoms with van der Waals surface area (Å²) in [6, 6.07) is 7.33. The zero-order valence-corrected chi connectivity index (χ0v) is 11.6. The normalized spacial score (nSPS) is 10.2. The van der Waals surface area contributed by atoms with Gasteiger partial charge in [0.2, 0.25) is 0 Å². The second-order valence-electron chi connectivity index (χ2n) is 3.92. The van der Waals surface area contributed by atoms with Crippen molar-refractivity contribution in [3.05, 3.63) is 46.2 Å². The molecule has 0 spiro atoms. The second-order valence-corrected chi connectivity index (χ2v) is 4.74. The number of benzene rings is 1. The summed E-state index contributed by atoms with van der Waals surface area (Å²) in [5, 5.41) is 21.2. The minimum Gasteiger partial charge on any atom is -0.504 e. The minimum absolute atomic E-state index is 0.248. The number of amides is 1. The van der Waals surface area contributed by atoms with Crippen LogP contribution in [0.4, 0.5) is 5.69 Å². The predicted molar refractivity (Wildman–Crippen MR) is 74.4 cm³/mol. The van der Waals surface area contributed by atoms with Crippen molar-refractivity contribution >= 4 is 27.5 Å². The van der Waals surface area contributed by atoms with E-state index in [0.29, 0.717) is 16.0 Å². The van der Waals surface area contributed by atoms with Gasteiger partial charge in [-0.15, -0.1) is 0 Å². The van der Waals surface area contributed by atoms with Gasteiger partial charge in [-0.05, 0) is 53.2 Å². The van der Waals surface area contributed by atoms with Crippen molar-refractivity contribution in [2.75, 3.05) is 5.32 Å². The van der Waals surface area contributed by atoms with Crippen LogP contribution in [0.3, 0.4) is 0 Å². The lowest BCUT2D eigenvalue weighted by atomic mass is 10.2. The molecule has 1 aromatic heterocycles. The number of carbonyl (C=O) groups excluding carboxylic acids is 1. The Morgan fingerprint density at radius 2 is 1.95 bits per heavy atom. The minimum atomic E-state index is -0.387. The fourth-order valence-electron chi connectivity index (χ4n) is 1.52. The molecule has 6 heteroatoms. The first-order valence-corrected chi connectivity index (χ1v) is 6.23. The summed E-state index contributed by atoms with van der Waals surface area (Å²) in [6.45, 7) is 1.77. The van der Waals surface area contributed by atoms with E-state index in [1.54, 1.807) is 19.1 Å². The molecule has 1 aromatic carbocycles. The highest BCUT2D eigenvalue weighted by Crippen LogP contribution is 2.25. The first-order valence-electron chi connectivity index (χ1n) is 5.44. The molecule has 0 bridgehead atoms. The molecule has 19 heavy (non-hydrogen) atoms. The monoisotopic (exact) mass is 322 g/mol.